The van der Waals surface area contributed by atoms with E-state index in [1.54, 1.807) is 0 Å². The summed E-state index contributed by atoms with van der Waals surface area (Å²) in [5.74, 6) is 0.786. The van der Waals surface area contributed by atoms with Gasteiger partial charge in [0.2, 0.25) is 0 Å². The first-order valence-corrected chi connectivity index (χ1v) is 6.60. The number of rotatable bonds is 2. The maximum Gasteiger partial charge on any atom is 0.147 e. The van der Waals surface area contributed by atoms with Crippen LogP contribution in [0.3, 0.4) is 0 Å². The third kappa shape index (κ3) is 2.02. The molecule has 4 heteroatoms. The molecule has 0 amide bonds. The number of pyridine rings is 1. The van der Waals surface area contributed by atoms with Crippen molar-refractivity contribution in [2.75, 3.05) is 18.0 Å². The summed E-state index contributed by atoms with van der Waals surface area (Å²) in [5, 5.41) is 10.4. The number of hydrogen-bond acceptors (Lipinski definition) is 4. The van der Waals surface area contributed by atoms with Crippen LogP contribution in [-0.4, -0.2) is 24.1 Å². The van der Waals surface area contributed by atoms with Crippen LogP contribution in [-0.2, 0) is 0 Å². The zero-order valence-corrected chi connectivity index (χ0v) is 10.7. The normalized spacial score (nSPS) is 18.7. The van der Waals surface area contributed by atoms with Crippen molar-refractivity contribution in [3.05, 3.63) is 35.9 Å². The Kier molecular flexibility index (Phi) is 3.06. The van der Waals surface area contributed by atoms with Crippen LogP contribution >= 0.6 is 0 Å². The summed E-state index contributed by atoms with van der Waals surface area (Å²) < 4.78 is 0. The SMILES string of the molecule is N#Cc1cc2ccccc2nc1N1CCCC1CN. The smallest absolute Gasteiger partial charge is 0.147 e. The van der Waals surface area contributed by atoms with Crippen molar-refractivity contribution in [1.29, 1.82) is 5.26 Å². The van der Waals surface area contributed by atoms with E-state index in [-0.39, 0.29) is 0 Å². The minimum atomic E-state index is 0.306. The predicted octanol–water partition coefficient (Wildman–Crippen LogP) is 2.03. The second-order valence-electron chi connectivity index (χ2n) is 4.89. The number of fused-ring (bicyclic) bond motifs is 1. The summed E-state index contributed by atoms with van der Waals surface area (Å²) in [6, 6.07) is 12.4. The first-order chi connectivity index (χ1) is 9.33. The molecule has 2 heterocycles. The third-order valence-corrected chi connectivity index (χ3v) is 3.75. The number of hydrogen-bond donors (Lipinski definition) is 1. The van der Waals surface area contributed by atoms with Crippen molar-refractivity contribution in [2.45, 2.75) is 18.9 Å². The molecule has 4 nitrogen and oxygen atoms in total. The van der Waals surface area contributed by atoms with Gasteiger partial charge in [-0.05, 0) is 25.0 Å². The van der Waals surface area contributed by atoms with Gasteiger partial charge < -0.3 is 10.6 Å². The van der Waals surface area contributed by atoms with Crippen LogP contribution in [0, 0.1) is 11.3 Å². The van der Waals surface area contributed by atoms with Gasteiger partial charge in [0, 0.05) is 24.5 Å². The van der Waals surface area contributed by atoms with E-state index in [2.05, 4.69) is 16.0 Å². The lowest BCUT2D eigenvalue weighted by molar-refractivity contribution is 0.672. The number of para-hydroxylation sites is 1. The molecule has 1 fully saturated rings. The molecular formula is C15H16N4. The standard InChI is InChI=1S/C15H16N4/c16-9-12-8-11-4-1-2-6-14(11)18-15(12)19-7-3-5-13(19)10-17/h1-2,4,6,8,13H,3,5,7,10,17H2. The first kappa shape index (κ1) is 11.9. The Morgan fingerprint density at radius 2 is 2.26 bits per heavy atom. The molecule has 1 aromatic carbocycles. The monoisotopic (exact) mass is 252 g/mol. The average molecular weight is 252 g/mol. The molecule has 0 saturated carbocycles. The van der Waals surface area contributed by atoms with E-state index in [9.17, 15) is 5.26 Å². The molecule has 0 bridgehead atoms. The quantitative estimate of drug-likeness (QED) is 0.888. The first-order valence-electron chi connectivity index (χ1n) is 6.60. The molecule has 0 aliphatic carbocycles. The van der Waals surface area contributed by atoms with Crippen molar-refractivity contribution < 1.29 is 0 Å². The second-order valence-corrected chi connectivity index (χ2v) is 4.89. The highest BCUT2D eigenvalue weighted by molar-refractivity contribution is 5.83. The van der Waals surface area contributed by atoms with Gasteiger partial charge in [-0.2, -0.15) is 5.26 Å². The van der Waals surface area contributed by atoms with Gasteiger partial charge >= 0.3 is 0 Å². The molecule has 0 spiro atoms. The molecule has 3 rings (SSSR count). The van der Waals surface area contributed by atoms with E-state index in [1.165, 1.54) is 0 Å². The van der Waals surface area contributed by atoms with Crippen LogP contribution in [0.2, 0.25) is 0 Å². The van der Waals surface area contributed by atoms with Crippen molar-refractivity contribution in [3.63, 3.8) is 0 Å². The summed E-state index contributed by atoms with van der Waals surface area (Å²) in [6.07, 6.45) is 2.19. The van der Waals surface area contributed by atoms with E-state index < -0.39 is 0 Å². The van der Waals surface area contributed by atoms with Gasteiger partial charge in [-0.3, -0.25) is 0 Å². The van der Waals surface area contributed by atoms with Crippen molar-refractivity contribution in [1.82, 2.24) is 4.98 Å². The Morgan fingerprint density at radius 3 is 3.05 bits per heavy atom. The average Bonchev–Trinajstić information content (AvgIpc) is 2.94. The lowest BCUT2D eigenvalue weighted by atomic mass is 10.1. The Morgan fingerprint density at radius 1 is 1.42 bits per heavy atom. The minimum Gasteiger partial charge on any atom is -0.351 e. The summed E-state index contributed by atoms with van der Waals surface area (Å²) in [4.78, 5) is 6.86. The van der Waals surface area contributed by atoms with Gasteiger partial charge in [-0.15, -0.1) is 0 Å². The molecule has 19 heavy (non-hydrogen) atoms. The van der Waals surface area contributed by atoms with Gasteiger partial charge in [-0.1, -0.05) is 18.2 Å². The number of aromatic nitrogens is 1. The fourth-order valence-corrected chi connectivity index (χ4v) is 2.77. The highest BCUT2D eigenvalue weighted by atomic mass is 15.2. The Balaban J connectivity index is 2.14. The molecule has 1 aliphatic heterocycles. The van der Waals surface area contributed by atoms with Crippen LogP contribution in [0.15, 0.2) is 30.3 Å². The number of benzene rings is 1. The molecule has 1 aromatic heterocycles. The molecule has 2 aromatic rings. The fourth-order valence-electron chi connectivity index (χ4n) is 2.77. The van der Waals surface area contributed by atoms with Crippen molar-refractivity contribution in [3.8, 4) is 6.07 Å². The van der Waals surface area contributed by atoms with E-state index >= 15 is 0 Å². The summed E-state index contributed by atoms with van der Waals surface area (Å²) >= 11 is 0. The Hall–Kier alpha value is -2.12. The molecule has 1 unspecified atom stereocenters. The number of anilines is 1. The van der Waals surface area contributed by atoms with Gasteiger partial charge in [0.15, 0.2) is 0 Å². The van der Waals surface area contributed by atoms with Crippen LogP contribution in [0.4, 0.5) is 5.82 Å². The molecule has 1 aliphatic rings. The van der Waals surface area contributed by atoms with Gasteiger partial charge in [0.25, 0.3) is 0 Å². The van der Waals surface area contributed by atoms with Crippen LogP contribution < -0.4 is 10.6 Å². The number of nitriles is 1. The van der Waals surface area contributed by atoms with Gasteiger partial charge in [0.1, 0.15) is 11.9 Å². The maximum absolute atomic E-state index is 9.35. The largest absolute Gasteiger partial charge is 0.351 e. The molecule has 1 atom stereocenters. The number of nitrogens with two attached hydrogens (primary N) is 1. The van der Waals surface area contributed by atoms with Gasteiger partial charge in [-0.25, -0.2) is 4.98 Å². The lowest BCUT2D eigenvalue weighted by Crippen LogP contribution is -2.36. The zero-order chi connectivity index (χ0) is 13.2. The number of nitrogens with zero attached hydrogens (tertiary/aromatic N) is 3. The predicted molar refractivity (Wildman–Crippen MR) is 75.9 cm³/mol. The van der Waals surface area contributed by atoms with Crippen LogP contribution in [0.1, 0.15) is 18.4 Å². The molecule has 2 N–H and O–H groups in total. The highest BCUT2D eigenvalue weighted by Gasteiger charge is 2.26. The van der Waals surface area contributed by atoms with E-state index in [0.29, 0.717) is 18.2 Å². The maximum atomic E-state index is 9.35. The summed E-state index contributed by atoms with van der Waals surface area (Å²) in [5.41, 5.74) is 7.38. The molecule has 0 radical (unpaired) electrons. The second kappa shape index (κ2) is 4.87. The minimum absolute atomic E-state index is 0.306. The summed E-state index contributed by atoms with van der Waals surface area (Å²) in [7, 11) is 0. The Labute approximate surface area is 112 Å². The fraction of sp³-hybridized carbons (Fsp3) is 0.333. The Bertz CT molecular complexity index is 644. The van der Waals surface area contributed by atoms with Crippen molar-refractivity contribution >= 4 is 16.7 Å². The lowest BCUT2D eigenvalue weighted by Gasteiger charge is -2.25. The van der Waals surface area contributed by atoms with Gasteiger partial charge in [0.05, 0.1) is 11.1 Å². The summed E-state index contributed by atoms with van der Waals surface area (Å²) in [6.45, 7) is 1.54. The van der Waals surface area contributed by atoms with E-state index in [4.69, 9.17) is 5.73 Å². The molecular weight excluding hydrogens is 236 g/mol. The van der Waals surface area contributed by atoms with E-state index in [1.807, 2.05) is 30.3 Å². The third-order valence-electron chi connectivity index (χ3n) is 3.75. The highest BCUT2D eigenvalue weighted by Crippen LogP contribution is 2.28. The molecule has 1 saturated heterocycles. The zero-order valence-electron chi connectivity index (χ0n) is 10.7. The topological polar surface area (TPSA) is 65.9 Å². The van der Waals surface area contributed by atoms with Crippen LogP contribution in [0.25, 0.3) is 10.9 Å². The molecule has 96 valence electrons. The van der Waals surface area contributed by atoms with E-state index in [0.717, 1.165) is 36.1 Å². The van der Waals surface area contributed by atoms with Crippen molar-refractivity contribution in [2.24, 2.45) is 5.73 Å². The van der Waals surface area contributed by atoms with Crippen LogP contribution in [0.5, 0.6) is 0 Å².